The lowest BCUT2D eigenvalue weighted by molar-refractivity contribution is -0.155. The van der Waals surface area contributed by atoms with Crippen LogP contribution in [-0.4, -0.2) is 57.9 Å². The molecule has 2 amide bonds. The van der Waals surface area contributed by atoms with E-state index in [9.17, 15) is 14.0 Å². The van der Waals surface area contributed by atoms with Crippen molar-refractivity contribution in [3.8, 4) is 0 Å². The fourth-order valence-electron chi connectivity index (χ4n) is 8.89. The maximum Gasteiger partial charge on any atom is 0.227 e. The molecule has 4 atom stereocenters. The summed E-state index contributed by atoms with van der Waals surface area (Å²) in [6.45, 7) is 16.6. The molecule has 0 aromatic heterocycles. The molecule has 3 saturated heterocycles. The Labute approximate surface area is 248 Å². The van der Waals surface area contributed by atoms with E-state index in [0.717, 1.165) is 69.2 Å². The topological polar surface area (TPSA) is 52.7 Å². The van der Waals surface area contributed by atoms with E-state index in [1.165, 1.54) is 19.3 Å². The zero-order chi connectivity index (χ0) is 29.7. The van der Waals surface area contributed by atoms with Gasteiger partial charge in [0.1, 0.15) is 5.82 Å². The summed E-state index contributed by atoms with van der Waals surface area (Å²) < 4.78 is 14.1. The maximum absolute atomic E-state index is 14.7. The second-order valence-electron chi connectivity index (χ2n) is 15.9. The Morgan fingerprint density at radius 2 is 1.56 bits per heavy atom. The van der Waals surface area contributed by atoms with Crippen LogP contribution in [0.1, 0.15) is 123 Å². The highest BCUT2D eigenvalue weighted by atomic mass is 19.1. The summed E-state index contributed by atoms with van der Waals surface area (Å²) in [5.74, 6) is 0.589. The molecule has 1 N–H and O–H groups in total. The standard InChI is InChI=1S/C35H54FN3O2/c1-23-19-25(36)13-16-28(23)30-22-38(34(5,6)7)18-17-29(30)31(40)39-26-14-15-27(39)21-35(20-26,24-11-9-8-10-12-24)32(41)37-33(2,3)4/h13,16,19,24,26-27,29-30H,8-12,14-15,17-18,20-22H2,1-7H3,(H,37,41)/t26?,27?,29?,30-,35?/m0/s1. The van der Waals surface area contributed by atoms with Crippen LogP contribution < -0.4 is 5.32 Å². The molecule has 5 rings (SSSR count). The second-order valence-corrected chi connectivity index (χ2v) is 15.9. The van der Waals surface area contributed by atoms with Gasteiger partial charge in [-0.05, 0) is 129 Å². The Hall–Kier alpha value is -1.95. The summed E-state index contributed by atoms with van der Waals surface area (Å²) in [5, 5.41) is 3.38. The van der Waals surface area contributed by atoms with Crippen LogP contribution in [0.3, 0.4) is 0 Å². The largest absolute Gasteiger partial charge is 0.351 e. The fraction of sp³-hybridized carbons (Fsp3) is 0.771. The Balaban J connectivity index is 1.44. The number of aryl methyl sites for hydroxylation is 1. The molecule has 2 bridgehead atoms. The minimum absolute atomic E-state index is 0.00434. The third kappa shape index (κ3) is 6.10. The van der Waals surface area contributed by atoms with Crippen molar-refractivity contribution in [1.82, 2.24) is 15.1 Å². The van der Waals surface area contributed by atoms with Gasteiger partial charge in [-0.3, -0.25) is 14.5 Å². The molecule has 1 aromatic rings. The maximum atomic E-state index is 14.7. The zero-order valence-corrected chi connectivity index (χ0v) is 26.7. The van der Waals surface area contributed by atoms with Gasteiger partial charge in [-0.25, -0.2) is 4.39 Å². The number of amides is 2. The highest BCUT2D eigenvalue weighted by Gasteiger charge is 2.58. The van der Waals surface area contributed by atoms with E-state index in [1.807, 2.05) is 13.0 Å². The molecule has 41 heavy (non-hydrogen) atoms. The van der Waals surface area contributed by atoms with E-state index in [0.29, 0.717) is 5.92 Å². The lowest BCUT2D eigenvalue weighted by Crippen LogP contribution is -2.61. The first-order valence-corrected chi connectivity index (χ1v) is 16.4. The van der Waals surface area contributed by atoms with Crippen LogP contribution in [0, 0.1) is 30.0 Å². The van der Waals surface area contributed by atoms with Crippen molar-refractivity contribution in [2.75, 3.05) is 13.1 Å². The number of fused-ring (bicyclic) bond motifs is 2. The first-order valence-electron chi connectivity index (χ1n) is 16.4. The van der Waals surface area contributed by atoms with Gasteiger partial charge in [-0.15, -0.1) is 0 Å². The molecule has 1 aromatic carbocycles. The molecule has 228 valence electrons. The lowest BCUT2D eigenvalue weighted by Gasteiger charge is -2.52. The monoisotopic (exact) mass is 567 g/mol. The molecule has 5 nitrogen and oxygen atoms in total. The van der Waals surface area contributed by atoms with Gasteiger partial charge >= 0.3 is 0 Å². The molecular weight excluding hydrogens is 513 g/mol. The van der Waals surface area contributed by atoms with Crippen LogP contribution >= 0.6 is 0 Å². The van der Waals surface area contributed by atoms with Crippen LogP contribution in [0.15, 0.2) is 18.2 Å². The average Bonchev–Trinajstić information content (AvgIpc) is 3.16. The van der Waals surface area contributed by atoms with Crippen molar-refractivity contribution < 1.29 is 14.0 Å². The van der Waals surface area contributed by atoms with Gasteiger partial charge in [0, 0.05) is 41.5 Å². The molecule has 0 spiro atoms. The highest BCUT2D eigenvalue weighted by molar-refractivity contribution is 5.86. The number of rotatable bonds is 4. The van der Waals surface area contributed by atoms with Crippen molar-refractivity contribution in [3.05, 3.63) is 35.1 Å². The molecule has 0 radical (unpaired) electrons. The van der Waals surface area contributed by atoms with E-state index >= 15 is 0 Å². The summed E-state index contributed by atoms with van der Waals surface area (Å²) in [6.07, 6.45) is 10.3. The van der Waals surface area contributed by atoms with Crippen LogP contribution in [0.25, 0.3) is 0 Å². The van der Waals surface area contributed by atoms with Crippen LogP contribution in [0.2, 0.25) is 0 Å². The van der Waals surface area contributed by atoms with Crippen LogP contribution in [-0.2, 0) is 9.59 Å². The van der Waals surface area contributed by atoms with Gasteiger partial charge in [-0.2, -0.15) is 0 Å². The van der Waals surface area contributed by atoms with Crippen molar-refractivity contribution >= 4 is 11.8 Å². The number of piperidine rings is 2. The highest BCUT2D eigenvalue weighted by Crippen LogP contribution is 2.54. The predicted molar refractivity (Wildman–Crippen MR) is 163 cm³/mol. The summed E-state index contributed by atoms with van der Waals surface area (Å²) in [4.78, 5) is 33.5. The van der Waals surface area contributed by atoms with Crippen molar-refractivity contribution in [1.29, 1.82) is 0 Å². The second kappa shape index (κ2) is 11.3. The first-order chi connectivity index (χ1) is 19.2. The zero-order valence-electron chi connectivity index (χ0n) is 26.7. The molecule has 3 unspecified atom stereocenters. The van der Waals surface area contributed by atoms with Gasteiger partial charge in [0.15, 0.2) is 0 Å². The number of carbonyl (C=O) groups excluding carboxylic acids is 2. The predicted octanol–water partition coefficient (Wildman–Crippen LogP) is 6.97. The number of nitrogens with one attached hydrogen (secondary N) is 1. The SMILES string of the molecule is Cc1cc(F)ccc1[C@@H]1CN(C(C)(C)C)CCC1C(=O)N1C2CCC1CC(C(=O)NC(C)(C)C)(C1CCCCC1)C2. The van der Waals surface area contributed by atoms with Crippen LogP contribution in [0.4, 0.5) is 4.39 Å². The van der Waals surface area contributed by atoms with Crippen molar-refractivity contribution in [2.45, 2.75) is 142 Å². The van der Waals surface area contributed by atoms with Gasteiger partial charge in [0.2, 0.25) is 11.8 Å². The summed E-state index contributed by atoms with van der Waals surface area (Å²) in [7, 11) is 0. The van der Waals surface area contributed by atoms with Gasteiger partial charge in [-0.1, -0.05) is 25.3 Å². The average molecular weight is 568 g/mol. The normalized spacial score (nSPS) is 31.8. The minimum atomic E-state index is -0.376. The third-order valence-corrected chi connectivity index (χ3v) is 10.9. The molecule has 3 aliphatic heterocycles. The van der Waals surface area contributed by atoms with Crippen LogP contribution in [0.5, 0.6) is 0 Å². The summed E-state index contributed by atoms with van der Waals surface area (Å²) in [5.41, 5.74) is 1.39. The van der Waals surface area contributed by atoms with E-state index in [2.05, 4.69) is 56.7 Å². The minimum Gasteiger partial charge on any atom is -0.351 e. The van der Waals surface area contributed by atoms with E-state index in [-0.39, 0.29) is 58.0 Å². The number of benzene rings is 1. The molecule has 1 aliphatic carbocycles. The first kappa shape index (κ1) is 30.5. The summed E-state index contributed by atoms with van der Waals surface area (Å²) in [6, 6.07) is 5.34. The van der Waals surface area contributed by atoms with Gasteiger partial charge in [0.25, 0.3) is 0 Å². The third-order valence-electron chi connectivity index (χ3n) is 10.9. The molecular formula is C35H54FN3O2. The quantitative estimate of drug-likeness (QED) is 0.427. The summed E-state index contributed by atoms with van der Waals surface area (Å²) >= 11 is 0. The van der Waals surface area contributed by atoms with E-state index < -0.39 is 0 Å². The molecule has 6 heteroatoms. The van der Waals surface area contributed by atoms with E-state index in [4.69, 9.17) is 0 Å². The number of hydrogen-bond acceptors (Lipinski definition) is 3. The van der Waals surface area contributed by atoms with Gasteiger partial charge in [0.05, 0.1) is 5.41 Å². The number of nitrogens with zero attached hydrogens (tertiary/aromatic N) is 2. The number of hydrogen-bond donors (Lipinski definition) is 1. The smallest absolute Gasteiger partial charge is 0.227 e. The Morgan fingerprint density at radius 3 is 2.12 bits per heavy atom. The number of carbonyl (C=O) groups is 2. The number of halogens is 1. The molecule has 4 fully saturated rings. The molecule has 1 saturated carbocycles. The Kier molecular flexibility index (Phi) is 8.39. The molecule has 3 heterocycles. The Morgan fingerprint density at radius 1 is 0.927 bits per heavy atom. The van der Waals surface area contributed by atoms with E-state index in [1.54, 1.807) is 12.1 Å². The fourth-order valence-corrected chi connectivity index (χ4v) is 8.89. The van der Waals surface area contributed by atoms with Crippen molar-refractivity contribution in [3.63, 3.8) is 0 Å². The molecule has 4 aliphatic rings. The Bertz CT molecular complexity index is 1120. The van der Waals surface area contributed by atoms with Gasteiger partial charge < -0.3 is 10.2 Å². The lowest BCUT2D eigenvalue weighted by atomic mass is 9.61. The number of likely N-dealkylation sites (tertiary alicyclic amines) is 1. The van der Waals surface area contributed by atoms with Crippen molar-refractivity contribution in [2.24, 2.45) is 17.3 Å².